The van der Waals surface area contributed by atoms with E-state index in [1.54, 1.807) is 0 Å². The van der Waals surface area contributed by atoms with Gasteiger partial charge in [-0.25, -0.2) is 0 Å². The van der Waals surface area contributed by atoms with Crippen LogP contribution in [0.4, 0.5) is 0 Å². The number of nitrogens with one attached hydrogen (secondary N) is 1. The molecule has 1 N–H and O–H groups in total. The van der Waals surface area contributed by atoms with Gasteiger partial charge in [-0.05, 0) is 35.1 Å². The molecule has 2 aliphatic rings. The minimum absolute atomic E-state index is 1.12. The normalized spacial score (nSPS) is 12.5. The van der Waals surface area contributed by atoms with Crippen molar-refractivity contribution < 1.29 is 24.7 Å². The van der Waals surface area contributed by atoms with Crippen LogP contribution >= 0.6 is 0 Å². The molecule has 0 spiro atoms. The molecule has 0 fully saturated rings. The number of rotatable bonds is 0. The molecule has 0 aliphatic heterocycles. The van der Waals surface area contributed by atoms with Crippen LogP contribution in [-0.4, -0.2) is 4.98 Å². The number of H-pyrrole nitrogens is 1. The molecule has 0 unspecified atom stereocenters. The molecule has 0 atom stereocenters. The van der Waals surface area contributed by atoms with Crippen LogP contribution in [0.25, 0.3) is 23.1 Å². The second-order valence-corrected chi connectivity index (χ2v) is 8.20. The van der Waals surface area contributed by atoms with E-state index in [4.69, 9.17) is 0 Å². The number of allylic oxidation sites excluding steroid dienone is 2. The summed E-state index contributed by atoms with van der Waals surface area (Å²) in [6, 6.07) is 27.5. The van der Waals surface area contributed by atoms with E-state index in [-0.39, 0.29) is 0 Å². The van der Waals surface area contributed by atoms with Crippen molar-refractivity contribution in [1.29, 1.82) is 0 Å². The van der Waals surface area contributed by atoms with Crippen LogP contribution in [0.15, 0.2) is 91.0 Å². The summed E-state index contributed by atoms with van der Waals surface area (Å²) in [5.41, 5.74) is 6.93. The van der Waals surface area contributed by atoms with Gasteiger partial charge in [0.1, 0.15) is 0 Å². The first-order valence-electron chi connectivity index (χ1n) is 9.58. The molecule has 1 aromatic heterocycles. The summed E-state index contributed by atoms with van der Waals surface area (Å²) >= 11 is 1.45. The van der Waals surface area contributed by atoms with Crippen molar-refractivity contribution in [3.63, 3.8) is 0 Å². The fourth-order valence-corrected chi connectivity index (χ4v) is 4.18. The van der Waals surface area contributed by atoms with Crippen LogP contribution in [-0.2, 0) is 37.6 Å². The van der Waals surface area contributed by atoms with Gasteiger partial charge in [-0.1, -0.05) is 72.8 Å². The van der Waals surface area contributed by atoms with Gasteiger partial charge in [0.25, 0.3) is 0 Å². The minimum atomic E-state index is 1.12. The Bertz CT molecular complexity index is 1050. The first-order valence-corrected chi connectivity index (χ1v) is 10.8. The van der Waals surface area contributed by atoms with Crippen molar-refractivity contribution in [1.82, 2.24) is 4.98 Å². The third-order valence-corrected chi connectivity index (χ3v) is 5.57. The van der Waals surface area contributed by atoms with Crippen molar-refractivity contribution in [2.45, 2.75) is 12.8 Å². The number of hydrogen-bond acceptors (Lipinski definition) is 0. The van der Waals surface area contributed by atoms with Crippen LogP contribution in [0.3, 0.4) is 0 Å². The quantitative estimate of drug-likeness (QED) is 0.354. The number of aromatic amines is 1. The summed E-state index contributed by atoms with van der Waals surface area (Å²) in [6.45, 7) is 0. The van der Waals surface area contributed by atoms with E-state index in [9.17, 15) is 0 Å². The van der Waals surface area contributed by atoms with Gasteiger partial charge in [-0.3, -0.25) is 0 Å². The molecular formula is C26H22NZr. The van der Waals surface area contributed by atoms with Crippen LogP contribution in [0, 0.1) is 0 Å². The van der Waals surface area contributed by atoms with E-state index in [2.05, 4.69) is 102 Å². The summed E-state index contributed by atoms with van der Waals surface area (Å²) in [7, 11) is 0. The fourth-order valence-electron chi connectivity index (χ4n) is 3.46. The Hall–Kier alpha value is -2.44. The van der Waals surface area contributed by atoms with Crippen LogP contribution in [0.1, 0.15) is 22.3 Å². The molecular weight excluding hydrogens is 418 g/mol. The fraction of sp³-hybridized carbons (Fsp3) is 0.0769. The van der Waals surface area contributed by atoms with Crippen molar-refractivity contribution in [3.05, 3.63) is 113 Å². The Labute approximate surface area is 181 Å². The molecule has 0 saturated carbocycles. The maximum absolute atomic E-state index is 3.30. The SMILES string of the molecule is C1=Cc2ccccc2C1.C1=Cc2ccccc2C1.[Zr][c]1cc2ccccc2[nH]1. The molecule has 1 heterocycles. The Morgan fingerprint density at radius 3 is 1.75 bits per heavy atom. The number of benzene rings is 3. The zero-order valence-corrected chi connectivity index (χ0v) is 18.2. The van der Waals surface area contributed by atoms with Gasteiger partial charge in [0.05, 0.1) is 0 Å². The number of hydrogen-bond donors (Lipinski definition) is 1. The second-order valence-electron chi connectivity index (χ2n) is 6.88. The van der Waals surface area contributed by atoms with Gasteiger partial charge in [0, 0.05) is 0 Å². The van der Waals surface area contributed by atoms with E-state index < -0.39 is 0 Å². The Kier molecular flexibility index (Phi) is 6.19. The van der Waals surface area contributed by atoms with E-state index >= 15 is 0 Å². The standard InChI is InChI=1S/2C9H8.C8H6N.Zr/c2*1-2-5-9-7-3-6-8(9)4-1;1-2-4-8-7(3-1)5-6-9-8;/h2*1-6H,7H2;1-5,9H;. The molecule has 0 radical (unpaired) electrons. The zero-order chi connectivity index (χ0) is 19.2. The predicted octanol–water partition coefficient (Wildman–Crippen LogP) is 5.85. The van der Waals surface area contributed by atoms with E-state index in [1.807, 2.05) is 6.07 Å². The summed E-state index contributed by atoms with van der Waals surface area (Å²) in [4.78, 5) is 3.30. The van der Waals surface area contributed by atoms with E-state index in [0.29, 0.717) is 0 Å². The molecule has 28 heavy (non-hydrogen) atoms. The van der Waals surface area contributed by atoms with Crippen molar-refractivity contribution in [3.8, 4) is 0 Å². The number of para-hydroxylation sites is 1. The van der Waals surface area contributed by atoms with Gasteiger partial charge in [-0.15, -0.1) is 0 Å². The summed E-state index contributed by atoms with van der Waals surface area (Å²) < 4.78 is 1.31. The summed E-state index contributed by atoms with van der Waals surface area (Å²) in [5, 5.41) is 1.31. The first kappa shape index (κ1) is 18.9. The van der Waals surface area contributed by atoms with Crippen LogP contribution in [0.5, 0.6) is 0 Å². The van der Waals surface area contributed by atoms with Crippen molar-refractivity contribution in [2.24, 2.45) is 0 Å². The number of fused-ring (bicyclic) bond motifs is 3. The van der Waals surface area contributed by atoms with Gasteiger partial charge in [-0.2, -0.15) is 0 Å². The molecule has 4 aromatic rings. The Morgan fingerprint density at radius 2 is 1.18 bits per heavy atom. The molecule has 0 saturated heterocycles. The van der Waals surface area contributed by atoms with Crippen LogP contribution in [0.2, 0.25) is 0 Å². The van der Waals surface area contributed by atoms with E-state index in [0.717, 1.165) is 12.8 Å². The topological polar surface area (TPSA) is 15.8 Å². The molecule has 0 amide bonds. The zero-order valence-electron chi connectivity index (χ0n) is 15.7. The molecule has 3 aromatic carbocycles. The molecule has 6 rings (SSSR count). The summed E-state index contributed by atoms with van der Waals surface area (Å²) in [6.07, 6.45) is 11.0. The average Bonchev–Trinajstić information content (AvgIpc) is 3.46. The van der Waals surface area contributed by atoms with Crippen LogP contribution < -0.4 is 3.40 Å². The first-order chi connectivity index (χ1) is 13.8. The van der Waals surface area contributed by atoms with Gasteiger partial charge in [0.15, 0.2) is 0 Å². The third kappa shape index (κ3) is 4.69. The molecule has 0 bridgehead atoms. The number of aromatic nitrogens is 1. The molecule has 135 valence electrons. The average molecular weight is 440 g/mol. The van der Waals surface area contributed by atoms with Gasteiger partial charge in [0.2, 0.25) is 0 Å². The molecule has 2 aliphatic carbocycles. The Balaban J connectivity index is 0.000000103. The summed E-state index contributed by atoms with van der Waals surface area (Å²) in [5.74, 6) is 0. The predicted molar refractivity (Wildman–Crippen MR) is 116 cm³/mol. The Morgan fingerprint density at radius 1 is 0.643 bits per heavy atom. The van der Waals surface area contributed by atoms with Crippen molar-refractivity contribution >= 4 is 26.5 Å². The molecule has 2 heteroatoms. The monoisotopic (exact) mass is 438 g/mol. The maximum atomic E-state index is 3.30. The molecule has 1 nitrogen and oxygen atoms in total. The van der Waals surface area contributed by atoms with Gasteiger partial charge >= 0.3 is 74.3 Å². The third-order valence-electron chi connectivity index (χ3n) is 4.91. The van der Waals surface area contributed by atoms with Crippen molar-refractivity contribution in [2.75, 3.05) is 0 Å². The van der Waals surface area contributed by atoms with E-state index in [1.165, 1.54) is 61.3 Å². The van der Waals surface area contributed by atoms with Gasteiger partial charge < -0.3 is 0 Å². The second kappa shape index (κ2) is 9.17.